The Morgan fingerprint density at radius 2 is 2.11 bits per heavy atom. The maximum absolute atomic E-state index is 9.14. The van der Waals surface area contributed by atoms with Crippen molar-refractivity contribution >= 4 is 16.6 Å². The fourth-order valence-corrected chi connectivity index (χ4v) is 2.25. The summed E-state index contributed by atoms with van der Waals surface area (Å²) in [5, 5.41) is 10.1. The van der Waals surface area contributed by atoms with Gasteiger partial charge in [-0.1, -0.05) is 6.07 Å². The van der Waals surface area contributed by atoms with Gasteiger partial charge in [-0.2, -0.15) is 0 Å². The molecule has 0 atom stereocenters. The second-order valence-electron chi connectivity index (χ2n) is 5.00. The minimum atomic E-state index is 0.165. The number of benzene rings is 1. The van der Waals surface area contributed by atoms with Crippen molar-refractivity contribution in [3.05, 3.63) is 36.0 Å². The van der Waals surface area contributed by atoms with Crippen LogP contribution in [-0.4, -0.2) is 34.2 Å². The molecule has 19 heavy (non-hydrogen) atoms. The summed E-state index contributed by atoms with van der Waals surface area (Å²) in [6.07, 6.45) is 1.79. The molecule has 4 heteroatoms. The fraction of sp³-hybridized carbons (Fsp3) is 0.400. The van der Waals surface area contributed by atoms with Gasteiger partial charge in [-0.05, 0) is 37.6 Å². The zero-order valence-corrected chi connectivity index (χ0v) is 11.5. The van der Waals surface area contributed by atoms with E-state index in [4.69, 9.17) is 10.8 Å². The van der Waals surface area contributed by atoms with E-state index in [0.717, 1.165) is 28.7 Å². The molecule has 1 aromatic heterocycles. The molecule has 3 N–H and O–H groups in total. The highest BCUT2D eigenvalue weighted by molar-refractivity contribution is 5.92. The molecule has 0 unspecified atom stereocenters. The number of aliphatic hydroxyl groups excluding tert-OH is 1. The minimum absolute atomic E-state index is 0.165. The Morgan fingerprint density at radius 3 is 2.79 bits per heavy atom. The molecule has 0 radical (unpaired) electrons. The molecule has 2 rings (SSSR count). The molecule has 1 aromatic carbocycles. The average molecular weight is 259 g/mol. The lowest BCUT2D eigenvalue weighted by Gasteiger charge is -2.26. The van der Waals surface area contributed by atoms with Crippen LogP contribution >= 0.6 is 0 Å². The van der Waals surface area contributed by atoms with Gasteiger partial charge in [0.2, 0.25) is 0 Å². The summed E-state index contributed by atoms with van der Waals surface area (Å²) in [4.78, 5) is 6.67. The number of nitrogens with zero attached hydrogens (tertiary/aromatic N) is 2. The molecule has 0 fully saturated rings. The molecule has 1 heterocycles. The normalized spacial score (nSPS) is 11.6. The Balaban J connectivity index is 2.37. The Bertz CT molecular complexity index is 554. The summed E-state index contributed by atoms with van der Waals surface area (Å²) in [6.45, 7) is 5.85. The fourth-order valence-electron chi connectivity index (χ4n) is 2.25. The Labute approximate surface area is 113 Å². The van der Waals surface area contributed by atoms with Crippen LogP contribution in [0.25, 0.3) is 10.9 Å². The first-order valence-electron chi connectivity index (χ1n) is 6.60. The van der Waals surface area contributed by atoms with Crippen LogP contribution in [0.15, 0.2) is 30.5 Å². The van der Waals surface area contributed by atoms with Crippen molar-refractivity contribution in [1.82, 2.24) is 9.88 Å². The van der Waals surface area contributed by atoms with E-state index in [-0.39, 0.29) is 6.61 Å². The van der Waals surface area contributed by atoms with Crippen molar-refractivity contribution in [2.75, 3.05) is 18.9 Å². The second kappa shape index (κ2) is 5.99. The van der Waals surface area contributed by atoms with Gasteiger partial charge in [0.25, 0.3) is 0 Å². The highest BCUT2D eigenvalue weighted by Crippen LogP contribution is 2.23. The summed E-state index contributed by atoms with van der Waals surface area (Å²) in [6, 6.07) is 8.22. The first-order chi connectivity index (χ1) is 9.13. The number of hydrogen-bond acceptors (Lipinski definition) is 4. The van der Waals surface area contributed by atoms with Crippen LogP contribution in [0.1, 0.15) is 19.4 Å². The summed E-state index contributed by atoms with van der Waals surface area (Å²) in [5.74, 6) is 0. The molecule has 0 bridgehead atoms. The summed E-state index contributed by atoms with van der Waals surface area (Å²) in [5.41, 5.74) is 8.83. The van der Waals surface area contributed by atoms with Crippen molar-refractivity contribution < 1.29 is 5.11 Å². The van der Waals surface area contributed by atoms with Crippen LogP contribution in [0.4, 0.5) is 5.69 Å². The molecule has 0 aliphatic carbocycles. The van der Waals surface area contributed by atoms with Gasteiger partial charge in [-0.25, -0.2) is 0 Å². The minimum Gasteiger partial charge on any atom is -0.398 e. The summed E-state index contributed by atoms with van der Waals surface area (Å²) >= 11 is 0. The van der Waals surface area contributed by atoms with Gasteiger partial charge in [-0.15, -0.1) is 0 Å². The molecule has 4 nitrogen and oxygen atoms in total. The maximum Gasteiger partial charge on any atom is 0.0767 e. The molecule has 2 aromatic rings. The van der Waals surface area contributed by atoms with Gasteiger partial charge in [-0.3, -0.25) is 9.88 Å². The number of anilines is 1. The molecule has 102 valence electrons. The molecule has 0 aliphatic heterocycles. The van der Waals surface area contributed by atoms with E-state index in [1.54, 1.807) is 6.20 Å². The van der Waals surface area contributed by atoms with E-state index < -0.39 is 0 Å². The number of hydrogen-bond donors (Lipinski definition) is 2. The van der Waals surface area contributed by atoms with Gasteiger partial charge < -0.3 is 10.8 Å². The number of aromatic nitrogens is 1. The van der Waals surface area contributed by atoms with E-state index >= 15 is 0 Å². The smallest absolute Gasteiger partial charge is 0.0767 e. The number of aliphatic hydroxyl groups is 1. The molecule has 0 saturated carbocycles. The van der Waals surface area contributed by atoms with Gasteiger partial charge in [0.15, 0.2) is 0 Å². The van der Waals surface area contributed by atoms with Crippen molar-refractivity contribution in [2.24, 2.45) is 0 Å². The van der Waals surface area contributed by atoms with Crippen molar-refractivity contribution in [1.29, 1.82) is 0 Å². The van der Waals surface area contributed by atoms with Crippen molar-refractivity contribution in [3.63, 3.8) is 0 Å². The van der Waals surface area contributed by atoms with Gasteiger partial charge in [0.05, 0.1) is 12.1 Å². The number of fused-ring (bicyclic) bond motifs is 1. The zero-order chi connectivity index (χ0) is 13.8. The molecule has 0 spiro atoms. The number of pyridine rings is 1. The lowest BCUT2D eigenvalue weighted by Crippen LogP contribution is -2.33. The topological polar surface area (TPSA) is 62.4 Å². The SMILES string of the molecule is CC(C)N(CCO)Cc1ccc(N)c2cccnc12. The molecule has 0 amide bonds. The third-order valence-electron chi connectivity index (χ3n) is 3.38. The summed E-state index contributed by atoms with van der Waals surface area (Å²) in [7, 11) is 0. The Morgan fingerprint density at radius 1 is 1.32 bits per heavy atom. The van der Waals surface area contributed by atoms with Gasteiger partial charge in [0.1, 0.15) is 0 Å². The van der Waals surface area contributed by atoms with Gasteiger partial charge >= 0.3 is 0 Å². The quantitative estimate of drug-likeness (QED) is 0.806. The van der Waals surface area contributed by atoms with Crippen molar-refractivity contribution in [2.45, 2.75) is 26.4 Å². The predicted octanol–water partition coefficient (Wildman–Crippen LogP) is 2.02. The van der Waals surface area contributed by atoms with Crippen LogP contribution in [0.3, 0.4) is 0 Å². The van der Waals surface area contributed by atoms with E-state index in [1.807, 2.05) is 24.3 Å². The molecule has 0 saturated heterocycles. The third-order valence-corrected chi connectivity index (χ3v) is 3.38. The van der Waals surface area contributed by atoms with E-state index in [9.17, 15) is 0 Å². The standard InChI is InChI=1S/C15H21N3O/c1-11(2)18(8-9-19)10-12-5-6-14(16)13-4-3-7-17-15(12)13/h3-7,11,19H,8-10,16H2,1-2H3. The van der Waals surface area contributed by atoms with Crippen molar-refractivity contribution in [3.8, 4) is 0 Å². The second-order valence-corrected chi connectivity index (χ2v) is 5.00. The Kier molecular flexibility index (Phi) is 4.35. The maximum atomic E-state index is 9.14. The number of nitrogens with two attached hydrogens (primary N) is 1. The van der Waals surface area contributed by atoms with Gasteiger partial charge in [0, 0.05) is 36.4 Å². The van der Waals surface area contributed by atoms with E-state index in [2.05, 4.69) is 23.7 Å². The highest BCUT2D eigenvalue weighted by atomic mass is 16.3. The Hall–Kier alpha value is -1.65. The first kappa shape index (κ1) is 13.8. The van der Waals surface area contributed by atoms with Crippen LogP contribution in [0.2, 0.25) is 0 Å². The monoisotopic (exact) mass is 259 g/mol. The van der Waals surface area contributed by atoms with E-state index in [0.29, 0.717) is 12.6 Å². The van der Waals surface area contributed by atoms with Crippen LogP contribution in [-0.2, 0) is 6.54 Å². The average Bonchev–Trinajstić information content (AvgIpc) is 2.41. The molecular weight excluding hydrogens is 238 g/mol. The van der Waals surface area contributed by atoms with Crippen LogP contribution in [0.5, 0.6) is 0 Å². The summed E-state index contributed by atoms with van der Waals surface area (Å²) < 4.78 is 0. The third kappa shape index (κ3) is 3.03. The lowest BCUT2D eigenvalue weighted by atomic mass is 10.1. The van der Waals surface area contributed by atoms with E-state index in [1.165, 1.54) is 0 Å². The predicted molar refractivity (Wildman–Crippen MR) is 78.8 cm³/mol. The van der Waals surface area contributed by atoms with Crippen LogP contribution in [0, 0.1) is 0 Å². The zero-order valence-electron chi connectivity index (χ0n) is 11.5. The first-order valence-corrected chi connectivity index (χ1v) is 6.60. The molecule has 0 aliphatic rings. The highest BCUT2D eigenvalue weighted by Gasteiger charge is 2.12. The number of rotatable bonds is 5. The number of nitrogen functional groups attached to an aromatic ring is 1. The molecular formula is C15H21N3O. The largest absolute Gasteiger partial charge is 0.398 e. The van der Waals surface area contributed by atoms with Crippen LogP contribution < -0.4 is 5.73 Å². The lowest BCUT2D eigenvalue weighted by molar-refractivity contribution is 0.160.